The summed E-state index contributed by atoms with van der Waals surface area (Å²) in [5.41, 5.74) is -0.439. The van der Waals surface area contributed by atoms with Crippen LogP contribution >= 0.6 is 11.6 Å². The van der Waals surface area contributed by atoms with Crippen molar-refractivity contribution >= 4 is 17.3 Å². The number of hydrogen-bond acceptors (Lipinski definition) is 3. The molecule has 8 heteroatoms. The predicted molar refractivity (Wildman–Crippen MR) is 58.9 cm³/mol. The van der Waals surface area contributed by atoms with Crippen LogP contribution in [0.3, 0.4) is 0 Å². The molecule has 0 heterocycles. The first kappa shape index (κ1) is 14.6. The lowest BCUT2D eigenvalue weighted by atomic mass is 10.3. The molecule has 0 saturated heterocycles. The van der Waals surface area contributed by atoms with Crippen LogP contribution in [0.25, 0.3) is 0 Å². The first-order valence-corrected chi connectivity index (χ1v) is 5.31. The molecule has 0 bridgehead atoms. The Kier molecular flexibility index (Phi) is 4.77. The first-order valence-electron chi connectivity index (χ1n) is 4.94. The van der Waals surface area contributed by atoms with Gasteiger partial charge in [-0.3, -0.25) is 10.1 Å². The molecule has 0 aliphatic carbocycles. The monoisotopic (exact) mass is 283 g/mol. The van der Waals surface area contributed by atoms with Gasteiger partial charge in [0.1, 0.15) is 5.02 Å². The second-order valence-corrected chi connectivity index (χ2v) is 3.82. The van der Waals surface area contributed by atoms with Gasteiger partial charge in [-0.2, -0.15) is 13.2 Å². The number of ether oxygens (including phenoxy) is 1. The molecule has 0 aliphatic heterocycles. The van der Waals surface area contributed by atoms with E-state index in [0.717, 1.165) is 0 Å². The van der Waals surface area contributed by atoms with Crippen molar-refractivity contribution in [1.29, 1.82) is 0 Å². The third kappa shape index (κ3) is 4.40. The van der Waals surface area contributed by atoms with Gasteiger partial charge in [-0.25, -0.2) is 0 Å². The van der Waals surface area contributed by atoms with Crippen molar-refractivity contribution in [2.45, 2.75) is 19.0 Å². The van der Waals surface area contributed by atoms with Crippen molar-refractivity contribution in [3.8, 4) is 5.75 Å². The minimum absolute atomic E-state index is 0.117. The van der Waals surface area contributed by atoms with E-state index in [1.165, 1.54) is 18.2 Å². The second-order valence-electron chi connectivity index (χ2n) is 3.41. The molecule has 18 heavy (non-hydrogen) atoms. The number of rotatable bonds is 5. The molecule has 1 rings (SSSR count). The number of nitro groups is 1. The third-order valence-electron chi connectivity index (χ3n) is 1.99. The molecule has 0 spiro atoms. The van der Waals surface area contributed by atoms with Gasteiger partial charge in [0.05, 0.1) is 11.5 Å². The summed E-state index contributed by atoms with van der Waals surface area (Å²) in [6.07, 6.45) is -5.53. The molecule has 0 aromatic heterocycles. The van der Waals surface area contributed by atoms with Gasteiger partial charge >= 0.3 is 11.9 Å². The topological polar surface area (TPSA) is 52.4 Å². The molecule has 1 aromatic carbocycles. The van der Waals surface area contributed by atoms with Crippen molar-refractivity contribution < 1.29 is 22.8 Å². The van der Waals surface area contributed by atoms with Gasteiger partial charge in [0.25, 0.3) is 0 Å². The number of hydrogen-bond donors (Lipinski definition) is 0. The van der Waals surface area contributed by atoms with Gasteiger partial charge in [-0.05, 0) is 18.6 Å². The Labute approximate surface area is 105 Å². The lowest BCUT2D eigenvalue weighted by molar-refractivity contribution is -0.385. The fraction of sp³-hybridized carbons (Fsp3) is 0.400. The summed E-state index contributed by atoms with van der Waals surface area (Å²) in [6.45, 7) is -0.263. The zero-order valence-corrected chi connectivity index (χ0v) is 9.79. The predicted octanol–water partition coefficient (Wildman–Crippen LogP) is 3.97. The number of nitro benzene ring substituents is 1. The van der Waals surface area contributed by atoms with Crippen LogP contribution in [0.2, 0.25) is 5.02 Å². The van der Waals surface area contributed by atoms with E-state index in [1.807, 2.05) is 0 Å². The summed E-state index contributed by atoms with van der Waals surface area (Å²) in [7, 11) is 0. The number of benzene rings is 1. The van der Waals surface area contributed by atoms with Crippen LogP contribution in [0.1, 0.15) is 12.8 Å². The Hall–Kier alpha value is -1.50. The highest BCUT2D eigenvalue weighted by atomic mass is 35.5. The van der Waals surface area contributed by atoms with Gasteiger partial charge in [0.2, 0.25) is 0 Å². The Morgan fingerprint density at radius 2 is 2.06 bits per heavy atom. The Bertz CT molecular complexity index is 437. The number of nitrogens with zero attached hydrogens (tertiary/aromatic N) is 1. The zero-order valence-electron chi connectivity index (χ0n) is 9.04. The molecule has 0 unspecified atom stereocenters. The zero-order chi connectivity index (χ0) is 13.8. The third-order valence-corrected chi connectivity index (χ3v) is 2.30. The van der Waals surface area contributed by atoms with E-state index in [4.69, 9.17) is 16.3 Å². The van der Waals surface area contributed by atoms with Gasteiger partial charge in [-0.15, -0.1) is 0 Å². The Balaban J connectivity index is 2.63. The highest BCUT2D eigenvalue weighted by Crippen LogP contribution is 2.34. The lowest BCUT2D eigenvalue weighted by Crippen LogP contribution is -2.10. The molecule has 0 radical (unpaired) electrons. The first-order chi connectivity index (χ1) is 8.31. The van der Waals surface area contributed by atoms with E-state index in [-0.39, 0.29) is 23.8 Å². The highest BCUT2D eigenvalue weighted by Gasteiger charge is 2.26. The molecule has 0 amide bonds. The molecule has 100 valence electrons. The maximum absolute atomic E-state index is 11.9. The molecule has 0 N–H and O–H groups in total. The van der Waals surface area contributed by atoms with E-state index in [1.54, 1.807) is 0 Å². The fourth-order valence-electron chi connectivity index (χ4n) is 1.24. The number of para-hydroxylation sites is 1. The maximum Gasteiger partial charge on any atom is 0.389 e. The van der Waals surface area contributed by atoms with Crippen molar-refractivity contribution in [3.63, 3.8) is 0 Å². The van der Waals surface area contributed by atoms with Crippen LogP contribution in [-0.4, -0.2) is 17.7 Å². The molecular formula is C10H9ClF3NO3. The average Bonchev–Trinajstić information content (AvgIpc) is 2.22. The van der Waals surface area contributed by atoms with Crippen molar-refractivity contribution in [2.24, 2.45) is 0 Å². The maximum atomic E-state index is 11.9. The largest absolute Gasteiger partial charge is 0.487 e. The minimum atomic E-state index is -4.26. The van der Waals surface area contributed by atoms with Crippen LogP contribution in [0.4, 0.5) is 18.9 Å². The summed E-state index contributed by atoms with van der Waals surface area (Å²) in [5.74, 6) is -0.130. The van der Waals surface area contributed by atoms with Gasteiger partial charge < -0.3 is 4.74 Å². The summed E-state index contributed by atoms with van der Waals surface area (Å²) in [5, 5.41) is 10.6. The standard InChI is InChI=1S/C10H9ClF3NO3/c11-7-3-1-4-8(9(7)15(16)17)18-6-2-5-10(12,13)14/h1,3-4H,2,5-6H2. The van der Waals surface area contributed by atoms with E-state index >= 15 is 0 Å². The van der Waals surface area contributed by atoms with E-state index in [2.05, 4.69) is 0 Å². The van der Waals surface area contributed by atoms with Crippen LogP contribution < -0.4 is 4.74 Å². The van der Waals surface area contributed by atoms with E-state index in [0.29, 0.717) is 0 Å². The molecule has 0 fully saturated rings. The fourth-order valence-corrected chi connectivity index (χ4v) is 1.48. The van der Waals surface area contributed by atoms with Gasteiger partial charge in [0.15, 0.2) is 5.75 Å². The Morgan fingerprint density at radius 1 is 1.39 bits per heavy atom. The molecule has 0 atom stereocenters. The Morgan fingerprint density at radius 3 is 2.61 bits per heavy atom. The van der Waals surface area contributed by atoms with Crippen molar-refractivity contribution in [3.05, 3.63) is 33.3 Å². The lowest BCUT2D eigenvalue weighted by Gasteiger charge is -2.08. The smallest absolute Gasteiger partial charge is 0.389 e. The molecule has 4 nitrogen and oxygen atoms in total. The van der Waals surface area contributed by atoms with Crippen LogP contribution in [0.5, 0.6) is 5.75 Å². The minimum Gasteiger partial charge on any atom is -0.487 e. The normalized spacial score (nSPS) is 11.3. The average molecular weight is 284 g/mol. The molecule has 0 aliphatic rings. The van der Waals surface area contributed by atoms with Crippen LogP contribution in [0, 0.1) is 10.1 Å². The van der Waals surface area contributed by atoms with Crippen LogP contribution in [0.15, 0.2) is 18.2 Å². The van der Waals surface area contributed by atoms with Crippen molar-refractivity contribution in [2.75, 3.05) is 6.61 Å². The summed E-state index contributed by atoms with van der Waals surface area (Å²) >= 11 is 5.61. The molecule has 1 aromatic rings. The van der Waals surface area contributed by atoms with Gasteiger partial charge in [-0.1, -0.05) is 17.7 Å². The van der Waals surface area contributed by atoms with E-state index in [9.17, 15) is 23.3 Å². The number of alkyl halides is 3. The summed E-state index contributed by atoms with van der Waals surface area (Å²) in [6, 6.07) is 4.02. The SMILES string of the molecule is O=[N+]([O-])c1c(Cl)cccc1OCCCC(F)(F)F. The van der Waals surface area contributed by atoms with Crippen LogP contribution in [-0.2, 0) is 0 Å². The molecule has 0 saturated carbocycles. The highest BCUT2D eigenvalue weighted by molar-refractivity contribution is 6.32. The van der Waals surface area contributed by atoms with E-state index < -0.39 is 23.2 Å². The van der Waals surface area contributed by atoms with Gasteiger partial charge in [0, 0.05) is 6.42 Å². The summed E-state index contributed by atoms with van der Waals surface area (Å²) in [4.78, 5) is 9.96. The van der Waals surface area contributed by atoms with Crippen molar-refractivity contribution in [1.82, 2.24) is 0 Å². The number of halogens is 4. The molecular weight excluding hydrogens is 275 g/mol. The second kappa shape index (κ2) is 5.90. The quantitative estimate of drug-likeness (QED) is 0.467. The summed E-state index contributed by atoms with van der Waals surface area (Å²) < 4.78 is 40.6.